The van der Waals surface area contributed by atoms with Crippen LogP contribution in [-0.2, 0) is 0 Å². The monoisotopic (exact) mass is 311 g/mol. The van der Waals surface area contributed by atoms with E-state index < -0.39 is 0 Å². The number of likely N-dealkylation sites (tertiary alicyclic amines) is 1. The smallest absolute Gasteiger partial charge is 0.100 e. The van der Waals surface area contributed by atoms with Crippen molar-refractivity contribution in [3.63, 3.8) is 0 Å². The lowest BCUT2D eigenvalue weighted by atomic mass is 9.95. The van der Waals surface area contributed by atoms with Crippen molar-refractivity contribution < 1.29 is 0 Å². The molecule has 0 aliphatic carbocycles. The molecule has 0 saturated carbocycles. The SMILES string of the molecule is CCCCC(C)N(C)NC(C)N/C(=N\C)C1CCN(C)CC1. The van der Waals surface area contributed by atoms with Gasteiger partial charge in [-0.2, -0.15) is 0 Å². The highest BCUT2D eigenvalue weighted by Crippen LogP contribution is 2.17. The minimum Gasteiger partial charge on any atom is -0.357 e. The third-order valence-electron chi connectivity index (χ3n) is 4.74. The van der Waals surface area contributed by atoms with E-state index in [4.69, 9.17) is 0 Å². The van der Waals surface area contributed by atoms with Crippen LogP contribution in [0.3, 0.4) is 0 Å². The molecule has 0 aromatic rings. The Kier molecular flexibility index (Phi) is 8.98. The quantitative estimate of drug-likeness (QED) is 0.312. The minimum atomic E-state index is 0.201. The average Bonchev–Trinajstić information content (AvgIpc) is 2.51. The number of nitrogens with zero attached hydrogens (tertiary/aromatic N) is 3. The second-order valence-corrected chi connectivity index (χ2v) is 6.78. The average molecular weight is 312 g/mol. The first-order chi connectivity index (χ1) is 10.5. The molecule has 1 saturated heterocycles. The molecule has 0 spiro atoms. The number of amidine groups is 1. The second kappa shape index (κ2) is 10.2. The minimum absolute atomic E-state index is 0.201. The fourth-order valence-corrected chi connectivity index (χ4v) is 3.03. The van der Waals surface area contributed by atoms with Crippen molar-refractivity contribution >= 4 is 5.84 Å². The molecule has 1 rings (SSSR count). The molecule has 0 aromatic heterocycles. The molecule has 5 nitrogen and oxygen atoms in total. The van der Waals surface area contributed by atoms with Gasteiger partial charge in [-0.15, -0.1) is 0 Å². The van der Waals surface area contributed by atoms with Crippen LogP contribution in [0.4, 0.5) is 0 Å². The van der Waals surface area contributed by atoms with E-state index in [1.54, 1.807) is 0 Å². The predicted octanol–water partition coefficient (Wildman–Crippen LogP) is 2.31. The number of nitrogens with one attached hydrogen (secondary N) is 2. The van der Waals surface area contributed by atoms with Gasteiger partial charge >= 0.3 is 0 Å². The molecule has 1 aliphatic rings. The van der Waals surface area contributed by atoms with Crippen LogP contribution >= 0.6 is 0 Å². The Morgan fingerprint density at radius 3 is 2.50 bits per heavy atom. The van der Waals surface area contributed by atoms with Gasteiger partial charge in [0.25, 0.3) is 0 Å². The third kappa shape index (κ3) is 6.63. The van der Waals surface area contributed by atoms with Gasteiger partial charge in [-0.25, -0.2) is 10.4 Å². The largest absolute Gasteiger partial charge is 0.357 e. The molecule has 2 atom stereocenters. The Morgan fingerprint density at radius 1 is 1.32 bits per heavy atom. The number of piperidine rings is 1. The maximum Gasteiger partial charge on any atom is 0.100 e. The van der Waals surface area contributed by atoms with Gasteiger partial charge in [0.1, 0.15) is 5.84 Å². The van der Waals surface area contributed by atoms with E-state index in [0.717, 1.165) is 5.84 Å². The lowest BCUT2D eigenvalue weighted by Crippen LogP contribution is -2.54. The number of rotatable bonds is 8. The molecule has 1 fully saturated rings. The van der Waals surface area contributed by atoms with E-state index in [1.807, 2.05) is 7.05 Å². The van der Waals surface area contributed by atoms with Crippen molar-refractivity contribution in [2.24, 2.45) is 10.9 Å². The summed E-state index contributed by atoms with van der Waals surface area (Å²) < 4.78 is 0. The highest BCUT2D eigenvalue weighted by molar-refractivity contribution is 5.84. The highest BCUT2D eigenvalue weighted by atomic mass is 15.5. The Labute approximate surface area is 137 Å². The van der Waals surface area contributed by atoms with Gasteiger partial charge in [-0.3, -0.25) is 4.99 Å². The Morgan fingerprint density at radius 2 is 1.95 bits per heavy atom. The zero-order valence-electron chi connectivity index (χ0n) is 15.5. The number of aliphatic imine (C=N–C) groups is 1. The van der Waals surface area contributed by atoms with Gasteiger partial charge in [0.2, 0.25) is 0 Å². The second-order valence-electron chi connectivity index (χ2n) is 6.78. The molecule has 22 heavy (non-hydrogen) atoms. The fraction of sp³-hybridized carbons (Fsp3) is 0.941. The summed E-state index contributed by atoms with van der Waals surface area (Å²) in [6.07, 6.45) is 6.38. The molecular formula is C17H37N5. The van der Waals surface area contributed by atoms with Crippen molar-refractivity contribution in [2.45, 2.75) is 65.1 Å². The summed E-state index contributed by atoms with van der Waals surface area (Å²) in [5.41, 5.74) is 3.53. The van der Waals surface area contributed by atoms with Crippen molar-refractivity contribution in [2.75, 3.05) is 34.2 Å². The first kappa shape index (κ1) is 19.4. The first-order valence-corrected chi connectivity index (χ1v) is 8.88. The van der Waals surface area contributed by atoms with Crippen LogP contribution in [0.1, 0.15) is 52.9 Å². The summed E-state index contributed by atoms with van der Waals surface area (Å²) in [6, 6.07) is 0.551. The predicted molar refractivity (Wildman–Crippen MR) is 96.1 cm³/mol. The summed E-state index contributed by atoms with van der Waals surface area (Å²) in [4.78, 5) is 6.90. The Balaban J connectivity index is 2.40. The van der Waals surface area contributed by atoms with Gasteiger partial charge in [-0.05, 0) is 53.2 Å². The van der Waals surface area contributed by atoms with E-state index in [0.29, 0.717) is 12.0 Å². The highest BCUT2D eigenvalue weighted by Gasteiger charge is 2.22. The van der Waals surface area contributed by atoms with Crippen LogP contribution in [0.5, 0.6) is 0 Å². The molecular weight excluding hydrogens is 274 g/mol. The molecule has 2 N–H and O–H groups in total. The zero-order valence-corrected chi connectivity index (χ0v) is 15.5. The van der Waals surface area contributed by atoms with Crippen LogP contribution in [-0.4, -0.2) is 62.2 Å². The molecule has 0 amide bonds. The zero-order chi connectivity index (χ0) is 16.5. The maximum atomic E-state index is 4.51. The normalized spacial score (nSPS) is 21.1. The van der Waals surface area contributed by atoms with E-state index in [2.05, 4.69) is 60.5 Å². The van der Waals surface area contributed by atoms with Crippen LogP contribution in [0.15, 0.2) is 4.99 Å². The molecule has 130 valence electrons. The van der Waals surface area contributed by atoms with Crippen LogP contribution in [0.2, 0.25) is 0 Å². The summed E-state index contributed by atoms with van der Waals surface area (Å²) in [7, 11) is 6.24. The summed E-state index contributed by atoms with van der Waals surface area (Å²) in [5, 5.41) is 5.80. The number of hydrogen-bond donors (Lipinski definition) is 2. The summed E-state index contributed by atoms with van der Waals surface area (Å²) in [5.74, 6) is 1.73. The van der Waals surface area contributed by atoms with Crippen molar-refractivity contribution in [3.05, 3.63) is 0 Å². The van der Waals surface area contributed by atoms with Gasteiger partial charge < -0.3 is 10.2 Å². The van der Waals surface area contributed by atoms with E-state index in [9.17, 15) is 0 Å². The number of unbranched alkanes of at least 4 members (excludes halogenated alkanes) is 1. The topological polar surface area (TPSA) is 42.9 Å². The van der Waals surface area contributed by atoms with Gasteiger partial charge in [0, 0.05) is 26.1 Å². The molecule has 5 heteroatoms. The van der Waals surface area contributed by atoms with Crippen LogP contribution in [0, 0.1) is 5.92 Å². The van der Waals surface area contributed by atoms with E-state index >= 15 is 0 Å². The fourth-order valence-electron chi connectivity index (χ4n) is 3.03. The van der Waals surface area contributed by atoms with Crippen molar-refractivity contribution in [1.29, 1.82) is 0 Å². The maximum absolute atomic E-state index is 4.51. The van der Waals surface area contributed by atoms with E-state index in [1.165, 1.54) is 45.2 Å². The molecule has 1 heterocycles. The Bertz CT molecular complexity index is 323. The summed E-state index contributed by atoms with van der Waals surface area (Å²) >= 11 is 0. The Hall–Kier alpha value is -0.650. The van der Waals surface area contributed by atoms with Gasteiger partial charge in [0.05, 0.1) is 6.17 Å². The number of hydrazine groups is 1. The van der Waals surface area contributed by atoms with Crippen LogP contribution in [0.25, 0.3) is 0 Å². The van der Waals surface area contributed by atoms with E-state index in [-0.39, 0.29) is 6.17 Å². The third-order valence-corrected chi connectivity index (χ3v) is 4.74. The van der Waals surface area contributed by atoms with Gasteiger partial charge in [0.15, 0.2) is 0 Å². The van der Waals surface area contributed by atoms with Crippen molar-refractivity contribution in [1.82, 2.24) is 20.7 Å². The van der Waals surface area contributed by atoms with Gasteiger partial charge in [-0.1, -0.05) is 19.8 Å². The summed E-state index contributed by atoms with van der Waals surface area (Å²) in [6.45, 7) is 9.03. The molecule has 0 aromatic carbocycles. The molecule has 1 aliphatic heterocycles. The molecule has 0 bridgehead atoms. The first-order valence-electron chi connectivity index (χ1n) is 8.88. The molecule has 2 unspecified atom stereocenters. The molecule has 0 radical (unpaired) electrons. The van der Waals surface area contributed by atoms with Crippen molar-refractivity contribution in [3.8, 4) is 0 Å². The number of hydrogen-bond acceptors (Lipinski definition) is 4. The van der Waals surface area contributed by atoms with Crippen LogP contribution < -0.4 is 10.7 Å². The standard InChI is InChI=1S/C17H37N5/c1-7-8-9-14(2)22(6)20-15(3)19-17(18-4)16-10-12-21(5)13-11-16/h14-16,20H,7-13H2,1-6H3,(H,18,19). The lowest BCUT2D eigenvalue weighted by Gasteiger charge is -2.33. The lowest BCUT2D eigenvalue weighted by molar-refractivity contribution is 0.136.